The first-order valence-corrected chi connectivity index (χ1v) is 10.9. The second-order valence-electron chi connectivity index (χ2n) is 6.74. The van der Waals surface area contributed by atoms with Crippen molar-refractivity contribution in [3.8, 4) is 0 Å². The predicted molar refractivity (Wildman–Crippen MR) is 117 cm³/mol. The predicted octanol–water partition coefficient (Wildman–Crippen LogP) is 4.41. The molecule has 29 heavy (non-hydrogen) atoms. The van der Waals surface area contributed by atoms with Gasteiger partial charge in [-0.15, -0.1) is 11.3 Å². The highest BCUT2D eigenvalue weighted by Crippen LogP contribution is 2.33. The minimum atomic E-state index is -0.0571. The number of nitrogens with zero attached hydrogens (tertiary/aromatic N) is 6. The number of hydrogen-bond donors (Lipinski definition) is 0. The van der Waals surface area contributed by atoms with Crippen molar-refractivity contribution in [2.24, 2.45) is 7.05 Å². The van der Waals surface area contributed by atoms with Crippen LogP contribution in [0.15, 0.2) is 41.1 Å². The number of thioether (sulfide) groups is 1. The molecule has 9 heteroatoms. The zero-order valence-corrected chi connectivity index (χ0v) is 18.2. The molecule has 0 aliphatic carbocycles. The Labute approximate surface area is 176 Å². The number of thiazole rings is 1. The average Bonchev–Trinajstić information content (AvgIpc) is 3.29. The van der Waals surface area contributed by atoms with Gasteiger partial charge in [-0.2, -0.15) is 5.10 Å². The monoisotopic (exact) mass is 424 g/mol. The van der Waals surface area contributed by atoms with E-state index in [4.69, 9.17) is 4.98 Å². The fourth-order valence-electron chi connectivity index (χ4n) is 3.13. The topological polar surface area (TPSA) is 76.8 Å². The molecular weight excluding hydrogens is 404 g/mol. The SMILES string of the molecule is CC(=O)N(c1nc(CSc2ncnc3c2cnn3C)cs1)c1ccc(C)cc1C. The van der Waals surface area contributed by atoms with Crippen molar-refractivity contribution in [1.29, 1.82) is 0 Å². The molecule has 0 unspecified atom stereocenters. The van der Waals surface area contributed by atoms with Crippen molar-refractivity contribution in [2.45, 2.75) is 31.6 Å². The maximum Gasteiger partial charge on any atom is 0.230 e. The van der Waals surface area contributed by atoms with E-state index in [0.717, 1.165) is 38.6 Å². The van der Waals surface area contributed by atoms with Crippen LogP contribution in [0, 0.1) is 13.8 Å². The van der Waals surface area contributed by atoms with Crippen LogP contribution in [0.1, 0.15) is 23.7 Å². The smallest absolute Gasteiger partial charge is 0.230 e. The van der Waals surface area contributed by atoms with Gasteiger partial charge in [-0.25, -0.2) is 15.0 Å². The normalized spacial score (nSPS) is 11.2. The van der Waals surface area contributed by atoms with E-state index in [1.165, 1.54) is 11.3 Å². The van der Waals surface area contributed by atoms with Gasteiger partial charge in [-0.05, 0) is 25.5 Å². The van der Waals surface area contributed by atoms with Crippen molar-refractivity contribution in [3.63, 3.8) is 0 Å². The van der Waals surface area contributed by atoms with Crippen LogP contribution in [-0.4, -0.2) is 30.6 Å². The highest BCUT2D eigenvalue weighted by atomic mass is 32.2. The van der Waals surface area contributed by atoms with Crippen molar-refractivity contribution in [1.82, 2.24) is 24.7 Å². The Kier molecular flexibility index (Phi) is 5.33. The third kappa shape index (κ3) is 3.88. The lowest BCUT2D eigenvalue weighted by molar-refractivity contribution is -0.115. The van der Waals surface area contributed by atoms with Crippen molar-refractivity contribution < 1.29 is 4.79 Å². The third-order valence-corrected chi connectivity index (χ3v) is 6.40. The second kappa shape index (κ2) is 7.92. The van der Waals surface area contributed by atoms with Gasteiger partial charge in [0.15, 0.2) is 10.8 Å². The number of carbonyl (C=O) groups excluding carboxylic acids is 1. The van der Waals surface area contributed by atoms with Gasteiger partial charge in [0.05, 0.1) is 23.0 Å². The van der Waals surface area contributed by atoms with E-state index in [1.54, 1.807) is 40.8 Å². The van der Waals surface area contributed by atoms with Crippen LogP contribution in [-0.2, 0) is 17.6 Å². The summed E-state index contributed by atoms with van der Waals surface area (Å²) < 4.78 is 1.73. The van der Waals surface area contributed by atoms with E-state index in [0.29, 0.717) is 10.9 Å². The molecular formula is C20H20N6OS2. The molecule has 4 rings (SSSR count). The lowest BCUT2D eigenvalue weighted by Gasteiger charge is -2.20. The standard InChI is InChI=1S/C20H20N6OS2/c1-12-5-6-17(13(2)7-12)26(14(3)27)20-24-15(10-29-20)9-28-19-16-8-23-25(4)18(16)21-11-22-19/h5-8,10-11H,9H2,1-4H3. The zero-order valence-electron chi connectivity index (χ0n) is 16.6. The van der Waals surface area contributed by atoms with Crippen molar-refractivity contribution in [3.05, 3.63) is 52.9 Å². The minimum absolute atomic E-state index is 0.0571. The number of rotatable bonds is 5. The molecule has 0 atom stereocenters. The molecule has 0 radical (unpaired) electrons. The number of anilines is 2. The first-order valence-electron chi connectivity index (χ1n) is 9.02. The largest absolute Gasteiger partial charge is 0.274 e. The molecule has 0 saturated heterocycles. The Morgan fingerprint density at radius 2 is 2.10 bits per heavy atom. The molecule has 0 saturated carbocycles. The van der Waals surface area contributed by atoms with E-state index in [-0.39, 0.29) is 5.91 Å². The Bertz CT molecular complexity index is 1200. The van der Waals surface area contributed by atoms with Gasteiger partial charge < -0.3 is 0 Å². The van der Waals surface area contributed by atoms with E-state index < -0.39 is 0 Å². The Hall–Kier alpha value is -2.78. The Morgan fingerprint density at radius 1 is 1.28 bits per heavy atom. The molecule has 0 bridgehead atoms. The van der Waals surface area contributed by atoms with Crippen LogP contribution in [0.25, 0.3) is 11.0 Å². The zero-order chi connectivity index (χ0) is 20.5. The summed E-state index contributed by atoms with van der Waals surface area (Å²) >= 11 is 3.06. The molecule has 0 N–H and O–H groups in total. The number of hydrogen-bond acceptors (Lipinski definition) is 7. The lowest BCUT2D eigenvalue weighted by Crippen LogP contribution is -2.23. The van der Waals surface area contributed by atoms with Gasteiger partial charge in [0, 0.05) is 25.1 Å². The summed E-state index contributed by atoms with van der Waals surface area (Å²) in [6.45, 7) is 5.62. The molecule has 0 aliphatic heterocycles. The number of aromatic nitrogens is 5. The number of fused-ring (bicyclic) bond motifs is 1. The molecule has 0 spiro atoms. The first-order chi connectivity index (χ1) is 13.9. The van der Waals surface area contributed by atoms with Crippen LogP contribution >= 0.6 is 23.1 Å². The molecule has 0 aliphatic rings. The summed E-state index contributed by atoms with van der Waals surface area (Å²) in [4.78, 5) is 27.4. The number of amides is 1. The molecule has 1 amide bonds. The molecule has 148 valence electrons. The molecule has 0 fully saturated rings. The van der Waals surface area contributed by atoms with Crippen LogP contribution in [0.5, 0.6) is 0 Å². The van der Waals surface area contributed by atoms with E-state index in [2.05, 4.69) is 21.1 Å². The quantitative estimate of drug-likeness (QED) is 0.349. The number of aryl methyl sites for hydroxylation is 3. The van der Waals surface area contributed by atoms with E-state index >= 15 is 0 Å². The molecule has 3 aromatic heterocycles. The van der Waals surface area contributed by atoms with Gasteiger partial charge in [-0.1, -0.05) is 29.5 Å². The number of carbonyl (C=O) groups is 1. The summed E-state index contributed by atoms with van der Waals surface area (Å²) in [5, 5.41) is 8.71. The Balaban J connectivity index is 1.57. The van der Waals surface area contributed by atoms with Gasteiger partial charge >= 0.3 is 0 Å². The van der Waals surface area contributed by atoms with Gasteiger partial charge in [0.1, 0.15) is 11.4 Å². The highest BCUT2D eigenvalue weighted by Gasteiger charge is 2.20. The second-order valence-corrected chi connectivity index (χ2v) is 8.54. The van der Waals surface area contributed by atoms with Gasteiger partial charge in [-0.3, -0.25) is 14.4 Å². The third-order valence-electron chi connectivity index (χ3n) is 4.49. The maximum absolute atomic E-state index is 12.4. The minimum Gasteiger partial charge on any atom is -0.274 e. The highest BCUT2D eigenvalue weighted by molar-refractivity contribution is 7.98. The summed E-state index contributed by atoms with van der Waals surface area (Å²) in [5.74, 6) is 0.592. The van der Waals surface area contributed by atoms with Crippen LogP contribution in [0.2, 0.25) is 0 Å². The van der Waals surface area contributed by atoms with Crippen LogP contribution in [0.3, 0.4) is 0 Å². The van der Waals surface area contributed by atoms with E-state index in [1.807, 2.05) is 38.4 Å². The van der Waals surface area contributed by atoms with Gasteiger partial charge in [0.25, 0.3) is 0 Å². The van der Waals surface area contributed by atoms with Crippen LogP contribution in [0.4, 0.5) is 10.8 Å². The fraction of sp³-hybridized carbons (Fsp3) is 0.250. The fourth-order valence-corrected chi connectivity index (χ4v) is 4.97. The lowest BCUT2D eigenvalue weighted by atomic mass is 10.1. The van der Waals surface area contributed by atoms with Crippen LogP contribution < -0.4 is 4.90 Å². The first kappa shape index (κ1) is 19.5. The van der Waals surface area contributed by atoms with Gasteiger partial charge in [0.2, 0.25) is 5.91 Å². The Morgan fingerprint density at radius 3 is 2.86 bits per heavy atom. The molecule has 4 aromatic rings. The van der Waals surface area contributed by atoms with Crippen molar-refractivity contribution in [2.75, 3.05) is 4.90 Å². The maximum atomic E-state index is 12.4. The molecule has 1 aromatic carbocycles. The summed E-state index contributed by atoms with van der Waals surface area (Å²) in [6.07, 6.45) is 3.33. The number of benzene rings is 1. The van der Waals surface area contributed by atoms with E-state index in [9.17, 15) is 4.79 Å². The molecule has 3 heterocycles. The summed E-state index contributed by atoms with van der Waals surface area (Å²) in [6, 6.07) is 6.06. The average molecular weight is 425 g/mol. The molecule has 7 nitrogen and oxygen atoms in total. The summed E-state index contributed by atoms with van der Waals surface area (Å²) in [7, 11) is 1.86. The van der Waals surface area contributed by atoms with Crippen molar-refractivity contribution >= 4 is 50.9 Å². The summed E-state index contributed by atoms with van der Waals surface area (Å²) in [5.41, 5.74) is 4.79.